The smallest absolute Gasteiger partial charge is 0.356 e. The van der Waals surface area contributed by atoms with E-state index >= 15 is 0 Å². The number of halogens is 2. The number of ether oxygens (including phenoxy) is 1. The first-order valence-corrected chi connectivity index (χ1v) is 10.6. The first kappa shape index (κ1) is 23.6. The zero-order chi connectivity index (χ0) is 23.1. The molecule has 0 aliphatic carbocycles. The molecular formula is C24H28F2N4O2. The van der Waals surface area contributed by atoms with E-state index in [1.807, 2.05) is 12.1 Å². The molecule has 2 atom stereocenters. The van der Waals surface area contributed by atoms with Gasteiger partial charge < -0.3 is 15.8 Å². The second kappa shape index (κ2) is 11.0. The molecule has 0 aliphatic rings. The van der Waals surface area contributed by atoms with Gasteiger partial charge in [-0.25, -0.2) is 13.6 Å². The average Bonchev–Trinajstić information content (AvgIpc) is 3.18. The third kappa shape index (κ3) is 6.70. The van der Waals surface area contributed by atoms with Crippen molar-refractivity contribution in [2.45, 2.75) is 45.4 Å². The minimum absolute atomic E-state index is 0.141. The van der Waals surface area contributed by atoms with Crippen molar-refractivity contribution in [1.29, 1.82) is 0 Å². The van der Waals surface area contributed by atoms with Gasteiger partial charge >= 0.3 is 5.97 Å². The summed E-state index contributed by atoms with van der Waals surface area (Å²) < 4.78 is 32.8. The van der Waals surface area contributed by atoms with Crippen LogP contribution in [0.15, 0.2) is 48.5 Å². The van der Waals surface area contributed by atoms with Crippen LogP contribution in [-0.2, 0) is 24.1 Å². The topological polar surface area (TPSA) is 93.0 Å². The van der Waals surface area contributed by atoms with E-state index in [4.69, 9.17) is 10.5 Å². The lowest BCUT2D eigenvalue weighted by atomic mass is 10.0. The van der Waals surface area contributed by atoms with Crippen molar-refractivity contribution in [2.75, 3.05) is 6.54 Å². The number of hydrogen-bond acceptors (Lipinski definition) is 5. The molecule has 1 aromatic heterocycles. The van der Waals surface area contributed by atoms with Crippen molar-refractivity contribution in [3.63, 3.8) is 0 Å². The van der Waals surface area contributed by atoms with E-state index in [2.05, 4.69) is 34.6 Å². The highest BCUT2D eigenvalue weighted by molar-refractivity contribution is 5.87. The van der Waals surface area contributed by atoms with E-state index in [-0.39, 0.29) is 18.7 Å². The van der Waals surface area contributed by atoms with Gasteiger partial charge in [0.25, 0.3) is 0 Å². The zero-order valence-corrected chi connectivity index (χ0v) is 18.2. The SMILES string of the molecule is CCc1cccc(CNCC(OC(=O)c2cc(C)n[nH]2)C(N)Cc2cc(F)cc(F)c2)c1. The highest BCUT2D eigenvalue weighted by Gasteiger charge is 2.24. The van der Waals surface area contributed by atoms with Gasteiger partial charge in [0.05, 0.1) is 5.69 Å². The number of H-pyrrole nitrogens is 1. The second-order valence-corrected chi connectivity index (χ2v) is 7.82. The molecule has 0 aliphatic heterocycles. The lowest BCUT2D eigenvalue weighted by Gasteiger charge is -2.24. The van der Waals surface area contributed by atoms with Gasteiger partial charge in [0.15, 0.2) is 0 Å². The largest absolute Gasteiger partial charge is 0.455 e. The number of nitrogens with zero attached hydrogens (tertiary/aromatic N) is 1. The molecule has 2 unspecified atom stereocenters. The number of carbonyl (C=O) groups excluding carboxylic acids is 1. The predicted octanol–water partition coefficient (Wildman–Crippen LogP) is 3.44. The lowest BCUT2D eigenvalue weighted by Crippen LogP contribution is -2.46. The van der Waals surface area contributed by atoms with Gasteiger partial charge in [0.1, 0.15) is 23.4 Å². The van der Waals surface area contributed by atoms with Gasteiger partial charge in [0, 0.05) is 25.2 Å². The summed E-state index contributed by atoms with van der Waals surface area (Å²) in [6.45, 7) is 4.68. The third-order valence-corrected chi connectivity index (χ3v) is 5.13. The molecule has 3 aromatic rings. The molecule has 170 valence electrons. The number of nitrogens with two attached hydrogens (primary N) is 1. The maximum absolute atomic E-state index is 13.6. The number of rotatable bonds is 10. The van der Waals surface area contributed by atoms with Crippen molar-refractivity contribution in [2.24, 2.45) is 5.73 Å². The van der Waals surface area contributed by atoms with Gasteiger partial charge in [-0.2, -0.15) is 5.10 Å². The number of esters is 1. The predicted molar refractivity (Wildman–Crippen MR) is 118 cm³/mol. The molecule has 6 nitrogen and oxygen atoms in total. The monoisotopic (exact) mass is 442 g/mol. The Bertz CT molecular complexity index is 1030. The molecule has 0 bridgehead atoms. The maximum Gasteiger partial charge on any atom is 0.356 e. The summed E-state index contributed by atoms with van der Waals surface area (Å²) in [5.41, 5.74) is 9.91. The standard InChI is InChI=1S/C24H28F2N4O2/c1-3-16-5-4-6-17(8-16)13-28-14-23(32-24(31)22-7-15(2)29-30-22)21(27)11-18-9-19(25)12-20(26)10-18/h4-10,12,21,23,28H,3,11,13-14,27H2,1-2H3,(H,29,30). The summed E-state index contributed by atoms with van der Waals surface area (Å²) >= 11 is 0. The quantitative estimate of drug-likeness (QED) is 0.418. The Labute approximate surface area is 186 Å². The van der Waals surface area contributed by atoms with Crippen molar-refractivity contribution in [1.82, 2.24) is 15.5 Å². The van der Waals surface area contributed by atoms with E-state index in [0.717, 1.165) is 18.1 Å². The summed E-state index contributed by atoms with van der Waals surface area (Å²) in [6.07, 6.45) is 0.348. The Kier molecular flexibility index (Phi) is 8.08. The lowest BCUT2D eigenvalue weighted by molar-refractivity contribution is 0.0231. The first-order valence-electron chi connectivity index (χ1n) is 10.6. The van der Waals surface area contributed by atoms with Crippen LogP contribution in [-0.4, -0.2) is 34.9 Å². The average molecular weight is 443 g/mol. The Morgan fingerprint density at radius 1 is 1.12 bits per heavy atom. The summed E-state index contributed by atoms with van der Waals surface area (Å²) in [7, 11) is 0. The van der Waals surface area contributed by atoms with Gasteiger partial charge in [-0.1, -0.05) is 31.2 Å². The van der Waals surface area contributed by atoms with E-state index < -0.39 is 29.7 Å². The Morgan fingerprint density at radius 2 is 1.84 bits per heavy atom. The molecule has 1 heterocycles. The molecular weight excluding hydrogens is 414 g/mol. The molecule has 2 aromatic carbocycles. The van der Waals surface area contributed by atoms with Crippen molar-refractivity contribution in [3.8, 4) is 0 Å². The van der Waals surface area contributed by atoms with Crippen LogP contribution in [0, 0.1) is 18.6 Å². The fraction of sp³-hybridized carbons (Fsp3) is 0.333. The van der Waals surface area contributed by atoms with Gasteiger partial charge in [-0.15, -0.1) is 0 Å². The number of nitrogens with one attached hydrogen (secondary N) is 2. The Balaban J connectivity index is 1.69. The van der Waals surface area contributed by atoms with Crippen LogP contribution in [0.3, 0.4) is 0 Å². The summed E-state index contributed by atoms with van der Waals surface area (Å²) in [6, 6.07) is 12.3. The van der Waals surface area contributed by atoms with E-state index in [9.17, 15) is 13.6 Å². The number of aromatic nitrogens is 2. The molecule has 3 rings (SSSR count). The minimum Gasteiger partial charge on any atom is -0.455 e. The molecule has 0 saturated carbocycles. The second-order valence-electron chi connectivity index (χ2n) is 7.82. The number of aryl methyl sites for hydroxylation is 2. The van der Waals surface area contributed by atoms with Crippen LogP contribution in [0.2, 0.25) is 0 Å². The summed E-state index contributed by atoms with van der Waals surface area (Å²) in [5.74, 6) is -1.95. The first-order chi connectivity index (χ1) is 15.3. The Morgan fingerprint density at radius 3 is 2.50 bits per heavy atom. The number of carbonyl (C=O) groups is 1. The van der Waals surface area contributed by atoms with Crippen LogP contribution < -0.4 is 11.1 Å². The van der Waals surface area contributed by atoms with Gasteiger partial charge in [-0.05, 0) is 54.7 Å². The summed E-state index contributed by atoms with van der Waals surface area (Å²) in [4.78, 5) is 12.6. The molecule has 0 radical (unpaired) electrons. The van der Waals surface area contributed by atoms with E-state index in [1.165, 1.54) is 17.7 Å². The van der Waals surface area contributed by atoms with E-state index in [1.54, 1.807) is 13.0 Å². The molecule has 0 saturated heterocycles. The van der Waals surface area contributed by atoms with Crippen molar-refractivity contribution in [3.05, 3.63) is 88.2 Å². The molecule has 8 heteroatoms. The third-order valence-electron chi connectivity index (χ3n) is 5.13. The molecule has 0 spiro atoms. The van der Waals surface area contributed by atoms with Crippen LogP contribution in [0.4, 0.5) is 8.78 Å². The fourth-order valence-corrected chi connectivity index (χ4v) is 3.46. The highest BCUT2D eigenvalue weighted by Crippen LogP contribution is 2.14. The number of aromatic amines is 1. The van der Waals surface area contributed by atoms with Crippen molar-refractivity contribution < 1.29 is 18.3 Å². The fourth-order valence-electron chi connectivity index (χ4n) is 3.46. The van der Waals surface area contributed by atoms with Crippen LogP contribution >= 0.6 is 0 Å². The van der Waals surface area contributed by atoms with Gasteiger partial charge in [-0.3, -0.25) is 5.10 Å². The number of hydrogen-bond donors (Lipinski definition) is 3. The molecule has 0 amide bonds. The molecule has 0 fully saturated rings. The van der Waals surface area contributed by atoms with Crippen molar-refractivity contribution >= 4 is 5.97 Å². The van der Waals surface area contributed by atoms with Gasteiger partial charge in [0.2, 0.25) is 0 Å². The molecule has 32 heavy (non-hydrogen) atoms. The Hall–Kier alpha value is -3.10. The minimum atomic E-state index is -0.730. The molecule has 4 N–H and O–H groups in total. The van der Waals surface area contributed by atoms with Crippen LogP contribution in [0.1, 0.15) is 39.8 Å². The summed E-state index contributed by atoms with van der Waals surface area (Å²) in [5, 5.41) is 9.84. The highest BCUT2D eigenvalue weighted by atomic mass is 19.1. The van der Waals surface area contributed by atoms with Crippen LogP contribution in [0.25, 0.3) is 0 Å². The van der Waals surface area contributed by atoms with Crippen LogP contribution in [0.5, 0.6) is 0 Å². The normalized spacial score (nSPS) is 13.0. The van der Waals surface area contributed by atoms with E-state index in [0.29, 0.717) is 17.8 Å². The zero-order valence-electron chi connectivity index (χ0n) is 18.2. The maximum atomic E-state index is 13.6. The number of benzene rings is 2.